The smallest absolute Gasteiger partial charge is 0.264 e. The van der Waals surface area contributed by atoms with E-state index < -0.39 is 11.9 Å². The number of thiophene rings is 1. The van der Waals surface area contributed by atoms with Crippen molar-refractivity contribution in [2.75, 3.05) is 20.8 Å². The molecule has 2 aromatic carbocycles. The number of carbonyl (C=O) groups is 1. The molecule has 150 valence electrons. The van der Waals surface area contributed by atoms with E-state index in [0.717, 1.165) is 11.1 Å². The van der Waals surface area contributed by atoms with Crippen LogP contribution in [0.3, 0.4) is 0 Å². The Morgan fingerprint density at radius 1 is 1.17 bits per heavy atom. The summed E-state index contributed by atoms with van der Waals surface area (Å²) in [5.74, 6) is 0.524. The molecule has 3 aromatic rings. The minimum atomic E-state index is -0.665. The first kappa shape index (κ1) is 19.7. The van der Waals surface area contributed by atoms with Crippen LogP contribution in [0.2, 0.25) is 5.02 Å². The van der Waals surface area contributed by atoms with E-state index in [0.29, 0.717) is 29.3 Å². The monoisotopic (exact) mass is 431 g/mol. The average molecular weight is 432 g/mol. The van der Waals surface area contributed by atoms with Crippen LogP contribution < -0.4 is 9.47 Å². The van der Waals surface area contributed by atoms with Gasteiger partial charge in [0.1, 0.15) is 5.82 Å². The lowest BCUT2D eigenvalue weighted by molar-refractivity contribution is 0.0697. The molecule has 1 atom stereocenters. The Labute approximate surface area is 177 Å². The molecular weight excluding hydrogens is 413 g/mol. The molecule has 1 aromatic heterocycles. The standard InChI is InChI=1S/C22H19ClFNO3S/c1-27-17-11-13-8-9-25(22(26)19-7-4-10-29-19)21(14(13)12-18(17)28-2)20-15(23)5-3-6-16(20)24/h3-7,10-12,21H,8-9H2,1-2H3/t21-/m1/s1. The van der Waals surface area contributed by atoms with E-state index in [9.17, 15) is 9.18 Å². The molecule has 2 heterocycles. The summed E-state index contributed by atoms with van der Waals surface area (Å²) in [6.07, 6.45) is 0.620. The second-order valence-corrected chi connectivity index (χ2v) is 8.02. The molecule has 0 saturated heterocycles. The van der Waals surface area contributed by atoms with E-state index in [1.807, 2.05) is 23.6 Å². The second-order valence-electron chi connectivity index (χ2n) is 6.67. The Morgan fingerprint density at radius 2 is 1.93 bits per heavy atom. The molecule has 1 aliphatic rings. The molecule has 4 rings (SSSR count). The van der Waals surface area contributed by atoms with Crippen LogP contribution >= 0.6 is 22.9 Å². The number of amides is 1. The minimum Gasteiger partial charge on any atom is -0.493 e. The first-order valence-electron chi connectivity index (χ1n) is 9.08. The van der Waals surface area contributed by atoms with Gasteiger partial charge < -0.3 is 14.4 Å². The number of rotatable bonds is 4. The Hall–Kier alpha value is -2.57. The van der Waals surface area contributed by atoms with Crippen LogP contribution in [0.15, 0.2) is 47.8 Å². The van der Waals surface area contributed by atoms with Crippen molar-refractivity contribution in [2.24, 2.45) is 0 Å². The van der Waals surface area contributed by atoms with Gasteiger partial charge in [-0.3, -0.25) is 4.79 Å². The van der Waals surface area contributed by atoms with Gasteiger partial charge in [-0.2, -0.15) is 0 Å². The van der Waals surface area contributed by atoms with Gasteiger partial charge in [-0.25, -0.2) is 4.39 Å². The highest BCUT2D eigenvalue weighted by Crippen LogP contribution is 2.44. The van der Waals surface area contributed by atoms with Crippen molar-refractivity contribution < 1.29 is 18.7 Å². The molecule has 0 saturated carbocycles. The normalized spacial score (nSPS) is 15.7. The Bertz CT molecular complexity index is 1030. The summed E-state index contributed by atoms with van der Waals surface area (Å²) in [5, 5.41) is 2.13. The molecule has 0 spiro atoms. The molecule has 0 N–H and O–H groups in total. The predicted octanol–water partition coefficient (Wildman–Crippen LogP) is 5.35. The molecule has 0 radical (unpaired) electrons. The van der Waals surface area contributed by atoms with Crippen LogP contribution in [0, 0.1) is 5.82 Å². The van der Waals surface area contributed by atoms with E-state index in [2.05, 4.69) is 0 Å². The maximum absolute atomic E-state index is 15.0. The zero-order valence-electron chi connectivity index (χ0n) is 15.9. The summed E-state index contributed by atoms with van der Waals surface area (Å²) in [6, 6.07) is 11.2. The van der Waals surface area contributed by atoms with Crippen molar-refractivity contribution in [2.45, 2.75) is 12.5 Å². The second kappa shape index (κ2) is 8.05. The first-order valence-corrected chi connectivity index (χ1v) is 10.3. The number of hydrogen-bond donors (Lipinski definition) is 0. The largest absolute Gasteiger partial charge is 0.493 e. The zero-order valence-corrected chi connectivity index (χ0v) is 17.5. The molecule has 0 unspecified atom stereocenters. The summed E-state index contributed by atoms with van der Waals surface area (Å²) in [4.78, 5) is 15.6. The quantitative estimate of drug-likeness (QED) is 0.559. The topological polar surface area (TPSA) is 38.8 Å². The molecule has 1 aliphatic heterocycles. The van der Waals surface area contributed by atoms with Gasteiger partial charge in [-0.15, -0.1) is 11.3 Å². The van der Waals surface area contributed by atoms with E-state index >= 15 is 0 Å². The fraction of sp³-hybridized carbons (Fsp3) is 0.227. The van der Waals surface area contributed by atoms with Crippen molar-refractivity contribution in [1.29, 1.82) is 0 Å². The van der Waals surface area contributed by atoms with Crippen molar-refractivity contribution in [1.82, 2.24) is 4.90 Å². The summed E-state index contributed by atoms with van der Waals surface area (Å²) in [6.45, 7) is 0.439. The number of benzene rings is 2. The molecule has 4 nitrogen and oxygen atoms in total. The van der Waals surface area contributed by atoms with E-state index in [1.165, 1.54) is 17.4 Å². The van der Waals surface area contributed by atoms with Gasteiger partial charge in [-0.1, -0.05) is 23.7 Å². The lowest BCUT2D eigenvalue weighted by atomic mass is 9.87. The maximum Gasteiger partial charge on any atom is 0.264 e. The molecule has 1 amide bonds. The first-order chi connectivity index (χ1) is 14.0. The van der Waals surface area contributed by atoms with E-state index in [-0.39, 0.29) is 16.5 Å². The SMILES string of the molecule is COc1cc2c(cc1OC)[C@H](c1c(F)cccc1Cl)N(C(=O)c1cccs1)CC2. The van der Waals surface area contributed by atoms with E-state index in [1.54, 1.807) is 37.3 Å². The van der Waals surface area contributed by atoms with Gasteiger partial charge in [0, 0.05) is 17.1 Å². The summed E-state index contributed by atoms with van der Waals surface area (Å²) in [7, 11) is 3.12. The number of hydrogen-bond acceptors (Lipinski definition) is 4. The molecule has 0 aliphatic carbocycles. The fourth-order valence-corrected chi connectivity index (χ4v) is 4.73. The van der Waals surface area contributed by atoms with Gasteiger partial charge in [0.05, 0.1) is 25.1 Å². The Morgan fingerprint density at radius 3 is 2.59 bits per heavy atom. The van der Waals surface area contributed by atoms with Gasteiger partial charge in [0.15, 0.2) is 11.5 Å². The van der Waals surface area contributed by atoms with Crippen molar-refractivity contribution in [3.05, 3.63) is 80.3 Å². The van der Waals surface area contributed by atoms with Crippen LogP contribution in [-0.2, 0) is 6.42 Å². The molecule has 0 bridgehead atoms. The fourth-order valence-electron chi connectivity index (χ4n) is 3.79. The lowest BCUT2D eigenvalue weighted by Gasteiger charge is -2.38. The van der Waals surface area contributed by atoms with Crippen LogP contribution in [0.4, 0.5) is 4.39 Å². The highest BCUT2D eigenvalue weighted by atomic mass is 35.5. The highest BCUT2D eigenvalue weighted by Gasteiger charge is 2.36. The van der Waals surface area contributed by atoms with Crippen LogP contribution in [0.1, 0.15) is 32.4 Å². The molecule has 7 heteroatoms. The zero-order chi connectivity index (χ0) is 20.5. The van der Waals surface area contributed by atoms with E-state index in [4.69, 9.17) is 21.1 Å². The molecule has 0 fully saturated rings. The van der Waals surface area contributed by atoms with Crippen molar-refractivity contribution in [3.63, 3.8) is 0 Å². The van der Waals surface area contributed by atoms with Crippen molar-refractivity contribution >= 4 is 28.8 Å². The van der Waals surface area contributed by atoms with Crippen LogP contribution in [-0.4, -0.2) is 31.6 Å². The third-order valence-corrected chi connectivity index (χ3v) is 6.33. The number of fused-ring (bicyclic) bond motifs is 1. The number of methoxy groups -OCH3 is 2. The van der Waals surface area contributed by atoms with Crippen LogP contribution in [0.5, 0.6) is 11.5 Å². The summed E-state index contributed by atoms with van der Waals surface area (Å²) >= 11 is 7.79. The Balaban J connectivity index is 1.92. The average Bonchev–Trinajstić information content (AvgIpc) is 3.27. The number of halogens is 2. The number of ether oxygens (including phenoxy) is 2. The number of carbonyl (C=O) groups excluding carboxylic acids is 1. The predicted molar refractivity (Wildman–Crippen MR) is 112 cm³/mol. The van der Waals surface area contributed by atoms with Crippen LogP contribution in [0.25, 0.3) is 0 Å². The third-order valence-electron chi connectivity index (χ3n) is 5.14. The Kier molecular flexibility index (Phi) is 5.48. The van der Waals surface area contributed by atoms with Gasteiger partial charge >= 0.3 is 0 Å². The highest BCUT2D eigenvalue weighted by molar-refractivity contribution is 7.12. The van der Waals surface area contributed by atoms with Gasteiger partial charge in [0.25, 0.3) is 5.91 Å². The third kappa shape index (κ3) is 3.47. The van der Waals surface area contributed by atoms with Crippen molar-refractivity contribution in [3.8, 4) is 11.5 Å². The number of nitrogens with zero attached hydrogens (tertiary/aromatic N) is 1. The maximum atomic E-state index is 15.0. The molecular formula is C22H19ClFNO3S. The summed E-state index contributed by atoms with van der Waals surface area (Å²) in [5.41, 5.74) is 2.04. The molecule has 29 heavy (non-hydrogen) atoms. The minimum absolute atomic E-state index is 0.148. The summed E-state index contributed by atoms with van der Waals surface area (Å²) < 4.78 is 25.8. The lowest BCUT2D eigenvalue weighted by Crippen LogP contribution is -2.40. The van der Waals surface area contributed by atoms with Gasteiger partial charge in [-0.05, 0) is 53.3 Å². The van der Waals surface area contributed by atoms with Gasteiger partial charge in [0.2, 0.25) is 0 Å².